The fraction of sp³-hybridized carbons (Fsp3) is 0.444. The van der Waals surface area contributed by atoms with E-state index >= 15 is 0 Å². The first kappa shape index (κ1) is 17.0. The Morgan fingerprint density at radius 1 is 1.25 bits per heavy atom. The molecule has 1 N–H and O–H groups in total. The summed E-state index contributed by atoms with van der Waals surface area (Å²) in [7, 11) is 0. The average molecular weight is 345 g/mol. The van der Waals surface area contributed by atoms with E-state index in [2.05, 4.69) is 16.6 Å². The Hall–Kier alpha value is -1.79. The Balaban J connectivity index is 1.44. The van der Waals surface area contributed by atoms with Crippen LogP contribution in [0.2, 0.25) is 0 Å². The predicted octanol–water partition coefficient (Wildman–Crippen LogP) is 2.93. The van der Waals surface area contributed by atoms with Crippen LogP contribution in [0.1, 0.15) is 34.7 Å². The molecule has 128 valence electrons. The molecule has 3 heterocycles. The average Bonchev–Trinajstić information content (AvgIpc) is 3.08. The Bertz CT molecular complexity index is 651. The summed E-state index contributed by atoms with van der Waals surface area (Å²) >= 11 is 1.76. The number of thioether (sulfide) groups is 1. The number of hydrogen-bond acceptors (Lipinski definition) is 5. The van der Waals surface area contributed by atoms with Crippen LogP contribution in [-0.2, 0) is 12.3 Å². The summed E-state index contributed by atoms with van der Waals surface area (Å²) in [6, 6.07) is 8.07. The molecule has 0 saturated carbocycles. The van der Waals surface area contributed by atoms with Crippen LogP contribution >= 0.6 is 11.8 Å². The largest absolute Gasteiger partial charge is 0.464 e. The van der Waals surface area contributed by atoms with Crippen LogP contribution in [0.15, 0.2) is 41.1 Å². The van der Waals surface area contributed by atoms with Crippen molar-refractivity contribution in [2.24, 2.45) is 0 Å². The number of amides is 1. The number of nitrogens with one attached hydrogen (secondary N) is 1. The Kier molecular flexibility index (Phi) is 5.93. The molecule has 0 aliphatic carbocycles. The fourth-order valence-corrected chi connectivity index (χ4v) is 3.39. The molecule has 0 unspecified atom stereocenters. The lowest BCUT2D eigenvalue weighted by molar-refractivity contribution is 0.0704. The molecule has 0 aromatic carbocycles. The molecule has 0 spiro atoms. The summed E-state index contributed by atoms with van der Waals surface area (Å²) in [4.78, 5) is 18.3. The van der Waals surface area contributed by atoms with Crippen molar-refractivity contribution < 1.29 is 9.21 Å². The van der Waals surface area contributed by atoms with E-state index in [1.54, 1.807) is 36.3 Å². The SMILES string of the molecule is CSCc1ccc(CNC2CCN(C(=O)c3ccncc3)CC2)o1. The first-order valence-electron chi connectivity index (χ1n) is 8.25. The highest BCUT2D eigenvalue weighted by Gasteiger charge is 2.23. The highest BCUT2D eigenvalue weighted by atomic mass is 32.2. The number of furan rings is 1. The number of likely N-dealkylation sites (tertiary alicyclic amines) is 1. The highest BCUT2D eigenvalue weighted by molar-refractivity contribution is 7.97. The molecule has 0 atom stereocenters. The second-order valence-electron chi connectivity index (χ2n) is 5.98. The third-order valence-corrected chi connectivity index (χ3v) is 4.85. The van der Waals surface area contributed by atoms with E-state index in [1.807, 2.05) is 17.0 Å². The summed E-state index contributed by atoms with van der Waals surface area (Å²) < 4.78 is 5.78. The van der Waals surface area contributed by atoms with Crippen LogP contribution in [0.4, 0.5) is 0 Å². The maximum absolute atomic E-state index is 12.4. The van der Waals surface area contributed by atoms with Gasteiger partial charge in [0.2, 0.25) is 0 Å². The number of carbonyl (C=O) groups is 1. The van der Waals surface area contributed by atoms with Gasteiger partial charge in [0.25, 0.3) is 5.91 Å². The van der Waals surface area contributed by atoms with Gasteiger partial charge in [-0.3, -0.25) is 9.78 Å². The number of aromatic nitrogens is 1. The second-order valence-corrected chi connectivity index (χ2v) is 6.85. The molecular weight excluding hydrogens is 322 g/mol. The smallest absolute Gasteiger partial charge is 0.253 e. The Labute approximate surface area is 146 Å². The molecule has 2 aromatic rings. The summed E-state index contributed by atoms with van der Waals surface area (Å²) in [6.07, 6.45) is 7.33. The van der Waals surface area contributed by atoms with Crippen molar-refractivity contribution in [1.29, 1.82) is 0 Å². The minimum atomic E-state index is 0.101. The standard InChI is InChI=1S/C18H23N3O2S/c1-24-13-17-3-2-16(23-17)12-20-15-6-10-21(11-7-15)18(22)14-4-8-19-9-5-14/h2-5,8-9,15,20H,6-7,10-13H2,1H3. The van der Waals surface area contributed by atoms with E-state index in [-0.39, 0.29) is 5.91 Å². The maximum Gasteiger partial charge on any atom is 0.253 e. The number of piperidine rings is 1. The molecule has 6 heteroatoms. The molecule has 2 aromatic heterocycles. The molecule has 1 aliphatic heterocycles. The van der Waals surface area contributed by atoms with Crippen molar-refractivity contribution in [3.8, 4) is 0 Å². The van der Waals surface area contributed by atoms with Gasteiger partial charge in [0.05, 0.1) is 12.3 Å². The van der Waals surface area contributed by atoms with Crippen LogP contribution in [0.5, 0.6) is 0 Å². The normalized spacial score (nSPS) is 15.6. The summed E-state index contributed by atoms with van der Waals surface area (Å²) in [5.41, 5.74) is 0.716. The van der Waals surface area contributed by atoms with E-state index in [4.69, 9.17) is 4.42 Å². The third-order valence-electron chi connectivity index (χ3n) is 4.28. The number of carbonyl (C=O) groups excluding carboxylic acids is 1. The lowest BCUT2D eigenvalue weighted by Gasteiger charge is -2.32. The van der Waals surface area contributed by atoms with E-state index < -0.39 is 0 Å². The first-order chi connectivity index (χ1) is 11.8. The number of pyridine rings is 1. The molecular formula is C18H23N3O2S. The first-order valence-corrected chi connectivity index (χ1v) is 9.65. The van der Waals surface area contributed by atoms with Crippen LogP contribution in [0, 0.1) is 0 Å². The molecule has 5 nitrogen and oxygen atoms in total. The van der Waals surface area contributed by atoms with E-state index in [0.717, 1.165) is 49.7 Å². The molecule has 1 saturated heterocycles. The van der Waals surface area contributed by atoms with Crippen molar-refractivity contribution in [3.63, 3.8) is 0 Å². The van der Waals surface area contributed by atoms with Crippen molar-refractivity contribution in [2.45, 2.75) is 31.2 Å². The number of rotatable bonds is 6. The van der Waals surface area contributed by atoms with Crippen LogP contribution in [-0.4, -0.2) is 41.2 Å². The van der Waals surface area contributed by atoms with Crippen molar-refractivity contribution >= 4 is 17.7 Å². The maximum atomic E-state index is 12.4. The number of nitrogens with zero attached hydrogens (tertiary/aromatic N) is 2. The molecule has 1 amide bonds. The van der Waals surface area contributed by atoms with Gasteiger partial charge in [0.1, 0.15) is 11.5 Å². The van der Waals surface area contributed by atoms with Crippen molar-refractivity contribution in [2.75, 3.05) is 19.3 Å². The van der Waals surface area contributed by atoms with E-state index in [1.165, 1.54) is 0 Å². The zero-order valence-corrected chi connectivity index (χ0v) is 14.7. The molecule has 1 fully saturated rings. The van der Waals surface area contributed by atoms with E-state index in [0.29, 0.717) is 11.6 Å². The van der Waals surface area contributed by atoms with Crippen LogP contribution < -0.4 is 5.32 Å². The fourth-order valence-electron chi connectivity index (χ4n) is 2.95. The lowest BCUT2D eigenvalue weighted by atomic mass is 10.0. The summed E-state index contributed by atoms with van der Waals surface area (Å²) in [5, 5.41) is 3.54. The van der Waals surface area contributed by atoms with Gasteiger partial charge in [-0.25, -0.2) is 0 Å². The van der Waals surface area contributed by atoms with Gasteiger partial charge in [0.15, 0.2) is 0 Å². The number of hydrogen-bond donors (Lipinski definition) is 1. The third kappa shape index (κ3) is 4.39. The van der Waals surface area contributed by atoms with Gasteiger partial charge in [-0.1, -0.05) is 0 Å². The molecule has 0 bridgehead atoms. The topological polar surface area (TPSA) is 58.4 Å². The lowest BCUT2D eigenvalue weighted by Crippen LogP contribution is -2.44. The van der Waals surface area contributed by atoms with Gasteiger partial charge in [-0.2, -0.15) is 11.8 Å². The van der Waals surface area contributed by atoms with Crippen molar-refractivity contribution in [3.05, 3.63) is 53.7 Å². The second kappa shape index (κ2) is 8.35. The van der Waals surface area contributed by atoms with Crippen LogP contribution in [0.3, 0.4) is 0 Å². The predicted molar refractivity (Wildman–Crippen MR) is 95.9 cm³/mol. The van der Waals surface area contributed by atoms with Gasteiger partial charge in [0, 0.05) is 37.1 Å². The van der Waals surface area contributed by atoms with Gasteiger partial charge < -0.3 is 14.6 Å². The monoisotopic (exact) mass is 345 g/mol. The van der Waals surface area contributed by atoms with Gasteiger partial charge in [-0.05, 0) is 43.4 Å². The molecule has 3 rings (SSSR count). The zero-order chi connectivity index (χ0) is 16.8. The minimum absolute atomic E-state index is 0.101. The van der Waals surface area contributed by atoms with Crippen molar-refractivity contribution in [1.82, 2.24) is 15.2 Å². The molecule has 1 aliphatic rings. The molecule has 24 heavy (non-hydrogen) atoms. The minimum Gasteiger partial charge on any atom is -0.464 e. The Morgan fingerprint density at radius 3 is 2.67 bits per heavy atom. The Morgan fingerprint density at radius 2 is 1.96 bits per heavy atom. The van der Waals surface area contributed by atoms with Gasteiger partial charge >= 0.3 is 0 Å². The summed E-state index contributed by atoms with van der Waals surface area (Å²) in [5.74, 6) is 3.02. The molecule has 0 radical (unpaired) electrons. The quantitative estimate of drug-likeness (QED) is 0.872. The van der Waals surface area contributed by atoms with Gasteiger partial charge in [-0.15, -0.1) is 0 Å². The summed E-state index contributed by atoms with van der Waals surface area (Å²) in [6.45, 7) is 2.32. The van der Waals surface area contributed by atoms with E-state index in [9.17, 15) is 4.79 Å². The zero-order valence-electron chi connectivity index (χ0n) is 13.9. The van der Waals surface area contributed by atoms with Crippen LogP contribution in [0.25, 0.3) is 0 Å². The highest BCUT2D eigenvalue weighted by Crippen LogP contribution is 2.16.